The number of hydrogen-bond donors (Lipinski definition) is 1. The Hall–Kier alpha value is -1.36. The summed E-state index contributed by atoms with van der Waals surface area (Å²) in [5.41, 5.74) is 2.04. The lowest BCUT2D eigenvalue weighted by atomic mass is 9.87. The summed E-state index contributed by atoms with van der Waals surface area (Å²) in [6, 6.07) is -0.225. The molecule has 4 nitrogen and oxygen atoms in total. The molecule has 0 bridgehead atoms. The summed E-state index contributed by atoms with van der Waals surface area (Å²) in [5.74, 6) is -0.497. The molecule has 120 valence electrons. The lowest BCUT2D eigenvalue weighted by Crippen LogP contribution is -2.49. The zero-order chi connectivity index (χ0) is 15.9. The maximum Gasteiger partial charge on any atom is 0.308 e. The molecular formula is C17H23NO3S. The summed E-state index contributed by atoms with van der Waals surface area (Å²) in [6.07, 6.45) is 4.62. The van der Waals surface area contributed by atoms with Crippen molar-refractivity contribution in [1.82, 2.24) is 4.90 Å². The number of carbonyl (C=O) groups is 2. The molecule has 2 aliphatic rings. The number of hydrogen-bond acceptors (Lipinski definition) is 3. The van der Waals surface area contributed by atoms with Crippen LogP contribution in [0.3, 0.4) is 0 Å². The van der Waals surface area contributed by atoms with Crippen molar-refractivity contribution >= 4 is 23.2 Å². The predicted molar refractivity (Wildman–Crippen MR) is 86.4 cm³/mol. The molecule has 0 saturated carbocycles. The molecule has 2 heterocycles. The normalized spacial score (nSPS) is 28.3. The molecule has 1 aliphatic heterocycles. The lowest BCUT2D eigenvalue weighted by molar-refractivity contribution is -0.144. The highest BCUT2D eigenvalue weighted by Gasteiger charge is 2.37. The molecule has 0 aromatic carbocycles. The molecule has 22 heavy (non-hydrogen) atoms. The number of likely N-dealkylation sites (tertiary alicyclic amines) is 1. The Kier molecular flexibility index (Phi) is 4.26. The van der Waals surface area contributed by atoms with Gasteiger partial charge in [0.2, 0.25) is 0 Å². The zero-order valence-electron chi connectivity index (χ0n) is 13.2. The fraction of sp³-hybridized carbons (Fsp3) is 0.647. The topological polar surface area (TPSA) is 57.6 Å². The van der Waals surface area contributed by atoms with Crippen LogP contribution in [0.4, 0.5) is 0 Å². The van der Waals surface area contributed by atoms with Crippen LogP contribution in [-0.4, -0.2) is 34.5 Å². The van der Waals surface area contributed by atoms with Gasteiger partial charge in [-0.15, -0.1) is 11.3 Å². The Labute approximate surface area is 135 Å². The minimum absolute atomic E-state index is 0.0329. The maximum atomic E-state index is 12.9. The molecule has 1 aliphatic carbocycles. The van der Waals surface area contributed by atoms with E-state index in [9.17, 15) is 14.7 Å². The van der Waals surface area contributed by atoms with E-state index in [2.05, 4.69) is 6.92 Å². The minimum atomic E-state index is -0.786. The number of carboxylic acids is 1. The SMILES string of the molecule is CC1CCc2c(C(=O)N3CCC[C@H](C(=O)O)[C@@H]3C)csc2C1. The first kappa shape index (κ1) is 15.5. The molecule has 1 amide bonds. The van der Waals surface area contributed by atoms with E-state index in [1.807, 2.05) is 12.3 Å². The van der Waals surface area contributed by atoms with Crippen LogP contribution >= 0.6 is 11.3 Å². The first-order chi connectivity index (χ1) is 10.5. The van der Waals surface area contributed by atoms with Gasteiger partial charge in [0.1, 0.15) is 0 Å². The van der Waals surface area contributed by atoms with Crippen LogP contribution in [0.5, 0.6) is 0 Å². The molecule has 1 unspecified atom stereocenters. The average Bonchev–Trinajstić information content (AvgIpc) is 2.89. The third-order valence-electron chi connectivity index (χ3n) is 5.20. The van der Waals surface area contributed by atoms with Crippen molar-refractivity contribution in [2.24, 2.45) is 11.8 Å². The molecule has 5 heteroatoms. The van der Waals surface area contributed by atoms with Crippen LogP contribution in [0.25, 0.3) is 0 Å². The van der Waals surface area contributed by atoms with Gasteiger partial charge in [-0.2, -0.15) is 0 Å². The number of aliphatic carboxylic acids is 1. The van der Waals surface area contributed by atoms with E-state index in [-0.39, 0.29) is 11.9 Å². The Morgan fingerprint density at radius 1 is 1.32 bits per heavy atom. The largest absolute Gasteiger partial charge is 0.481 e. The van der Waals surface area contributed by atoms with Crippen molar-refractivity contribution in [3.05, 3.63) is 21.4 Å². The summed E-state index contributed by atoms with van der Waals surface area (Å²) < 4.78 is 0. The zero-order valence-corrected chi connectivity index (χ0v) is 14.0. The number of fused-ring (bicyclic) bond motifs is 1. The van der Waals surface area contributed by atoms with E-state index in [0.29, 0.717) is 18.9 Å². The Morgan fingerprint density at radius 3 is 2.82 bits per heavy atom. The summed E-state index contributed by atoms with van der Waals surface area (Å²) >= 11 is 1.69. The van der Waals surface area contributed by atoms with Gasteiger partial charge in [-0.3, -0.25) is 9.59 Å². The fourth-order valence-electron chi connectivity index (χ4n) is 3.77. The number of carbonyl (C=O) groups excluding carboxylic acids is 1. The first-order valence-corrected chi connectivity index (χ1v) is 9.00. The van der Waals surface area contributed by atoms with Crippen molar-refractivity contribution < 1.29 is 14.7 Å². The van der Waals surface area contributed by atoms with Gasteiger partial charge in [0.15, 0.2) is 0 Å². The highest BCUT2D eigenvalue weighted by molar-refractivity contribution is 7.10. The molecule has 0 radical (unpaired) electrons. The van der Waals surface area contributed by atoms with E-state index in [0.717, 1.165) is 31.2 Å². The summed E-state index contributed by atoms with van der Waals surface area (Å²) in [6.45, 7) is 4.80. The fourth-order valence-corrected chi connectivity index (χ4v) is 5.01. The second-order valence-electron chi connectivity index (χ2n) is 6.73. The quantitative estimate of drug-likeness (QED) is 0.910. The van der Waals surface area contributed by atoms with E-state index in [1.165, 1.54) is 10.4 Å². The van der Waals surface area contributed by atoms with Crippen molar-refractivity contribution in [1.29, 1.82) is 0 Å². The summed E-state index contributed by atoms with van der Waals surface area (Å²) in [7, 11) is 0. The molecule has 1 aromatic rings. The van der Waals surface area contributed by atoms with Gasteiger partial charge in [0, 0.05) is 22.8 Å². The molecule has 1 aromatic heterocycles. The third-order valence-corrected chi connectivity index (χ3v) is 6.25. The third kappa shape index (κ3) is 2.67. The number of piperidine rings is 1. The molecule has 0 spiro atoms. The number of amides is 1. The van der Waals surface area contributed by atoms with Crippen LogP contribution in [0.15, 0.2) is 5.38 Å². The molecular weight excluding hydrogens is 298 g/mol. The van der Waals surface area contributed by atoms with Crippen LogP contribution in [0.1, 0.15) is 53.9 Å². The van der Waals surface area contributed by atoms with Gasteiger partial charge in [-0.1, -0.05) is 6.92 Å². The predicted octanol–water partition coefficient (Wildman–Crippen LogP) is 3.20. The smallest absolute Gasteiger partial charge is 0.308 e. The maximum absolute atomic E-state index is 12.9. The number of rotatable bonds is 2. The first-order valence-electron chi connectivity index (χ1n) is 8.12. The van der Waals surface area contributed by atoms with E-state index in [1.54, 1.807) is 16.2 Å². The molecule has 3 atom stereocenters. The standard InChI is InChI=1S/C17H23NO3S/c1-10-5-6-13-14(9-22-15(13)8-10)16(19)18-7-3-4-12(11(18)2)17(20)21/h9-12H,3-8H2,1-2H3,(H,20,21)/t10?,11-,12-/m0/s1. The average molecular weight is 321 g/mol. The van der Waals surface area contributed by atoms with Gasteiger partial charge >= 0.3 is 5.97 Å². The summed E-state index contributed by atoms with van der Waals surface area (Å²) in [4.78, 5) is 27.4. The van der Waals surface area contributed by atoms with Gasteiger partial charge in [-0.05, 0) is 50.5 Å². The van der Waals surface area contributed by atoms with Gasteiger partial charge in [0.25, 0.3) is 5.91 Å². The highest BCUT2D eigenvalue weighted by atomic mass is 32.1. The monoisotopic (exact) mass is 321 g/mol. The van der Waals surface area contributed by atoms with Crippen LogP contribution < -0.4 is 0 Å². The Balaban J connectivity index is 1.84. The van der Waals surface area contributed by atoms with Gasteiger partial charge in [-0.25, -0.2) is 0 Å². The van der Waals surface area contributed by atoms with Gasteiger partial charge in [0.05, 0.1) is 11.5 Å². The summed E-state index contributed by atoms with van der Waals surface area (Å²) in [5, 5.41) is 11.3. The number of thiophene rings is 1. The molecule has 3 rings (SSSR count). The molecule has 1 fully saturated rings. The van der Waals surface area contributed by atoms with Crippen molar-refractivity contribution in [3.8, 4) is 0 Å². The van der Waals surface area contributed by atoms with Crippen LogP contribution in [0, 0.1) is 11.8 Å². The van der Waals surface area contributed by atoms with E-state index < -0.39 is 11.9 Å². The minimum Gasteiger partial charge on any atom is -0.481 e. The lowest BCUT2D eigenvalue weighted by Gasteiger charge is -2.37. The highest BCUT2D eigenvalue weighted by Crippen LogP contribution is 2.34. The van der Waals surface area contributed by atoms with E-state index >= 15 is 0 Å². The van der Waals surface area contributed by atoms with Crippen LogP contribution in [-0.2, 0) is 17.6 Å². The molecule has 1 N–H and O–H groups in total. The van der Waals surface area contributed by atoms with Gasteiger partial charge < -0.3 is 10.0 Å². The van der Waals surface area contributed by atoms with E-state index in [4.69, 9.17) is 0 Å². The number of nitrogens with zero attached hydrogens (tertiary/aromatic N) is 1. The van der Waals surface area contributed by atoms with Crippen molar-refractivity contribution in [2.45, 2.75) is 52.0 Å². The Bertz CT molecular complexity index is 595. The van der Waals surface area contributed by atoms with Crippen molar-refractivity contribution in [3.63, 3.8) is 0 Å². The molecule has 1 saturated heterocycles. The van der Waals surface area contributed by atoms with Crippen molar-refractivity contribution in [2.75, 3.05) is 6.54 Å². The number of carboxylic acid groups (broad SMARTS) is 1. The second-order valence-corrected chi connectivity index (χ2v) is 7.69. The second kappa shape index (κ2) is 6.03. The Morgan fingerprint density at radius 2 is 2.09 bits per heavy atom. The van der Waals surface area contributed by atoms with Crippen LogP contribution in [0.2, 0.25) is 0 Å².